The van der Waals surface area contributed by atoms with Gasteiger partial charge in [-0.1, -0.05) is 31.0 Å². The maximum absolute atomic E-state index is 12.1. The van der Waals surface area contributed by atoms with E-state index in [9.17, 15) is 18.3 Å². The van der Waals surface area contributed by atoms with E-state index in [2.05, 4.69) is 5.32 Å². The van der Waals surface area contributed by atoms with Crippen molar-refractivity contribution < 1.29 is 18.3 Å². The molecule has 1 saturated carbocycles. The summed E-state index contributed by atoms with van der Waals surface area (Å²) >= 11 is 0. The van der Waals surface area contributed by atoms with Crippen molar-refractivity contribution in [3.63, 3.8) is 0 Å². The van der Waals surface area contributed by atoms with Gasteiger partial charge in [-0.05, 0) is 25.0 Å². The van der Waals surface area contributed by atoms with Crippen LogP contribution in [0.3, 0.4) is 0 Å². The van der Waals surface area contributed by atoms with Crippen molar-refractivity contribution in [2.24, 2.45) is 0 Å². The SMILES string of the molecule is O=C(CCS(=O)(=O)c1ccccc1)N[C@H]1CCCC[C@@H]1O. The fraction of sp³-hybridized carbons (Fsp3) is 0.533. The first kappa shape index (κ1) is 16.0. The number of sulfone groups is 1. The molecule has 1 aliphatic carbocycles. The van der Waals surface area contributed by atoms with Crippen molar-refractivity contribution in [1.82, 2.24) is 5.32 Å². The molecule has 1 aromatic carbocycles. The first-order chi connectivity index (χ1) is 9.99. The molecule has 1 fully saturated rings. The van der Waals surface area contributed by atoms with Crippen molar-refractivity contribution in [2.45, 2.75) is 49.1 Å². The van der Waals surface area contributed by atoms with Gasteiger partial charge in [0.2, 0.25) is 5.91 Å². The van der Waals surface area contributed by atoms with Crippen molar-refractivity contribution >= 4 is 15.7 Å². The van der Waals surface area contributed by atoms with Crippen LogP contribution in [0.1, 0.15) is 32.1 Å². The molecular weight excluding hydrogens is 290 g/mol. The summed E-state index contributed by atoms with van der Waals surface area (Å²) in [5.41, 5.74) is 0. The summed E-state index contributed by atoms with van der Waals surface area (Å²) in [5.74, 6) is -0.536. The van der Waals surface area contributed by atoms with Gasteiger partial charge in [-0.3, -0.25) is 4.79 Å². The van der Waals surface area contributed by atoms with E-state index in [-0.39, 0.29) is 29.0 Å². The smallest absolute Gasteiger partial charge is 0.221 e. The van der Waals surface area contributed by atoms with Crippen LogP contribution in [0.4, 0.5) is 0 Å². The van der Waals surface area contributed by atoms with Gasteiger partial charge >= 0.3 is 0 Å². The summed E-state index contributed by atoms with van der Waals surface area (Å²) in [7, 11) is -3.43. The zero-order chi connectivity index (χ0) is 15.3. The minimum absolute atomic E-state index is 0.0829. The number of aliphatic hydroxyl groups is 1. The van der Waals surface area contributed by atoms with E-state index >= 15 is 0 Å². The summed E-state index contributed by atoms with van der Waals surface area (Å²) in [5, 5.41) is 12.5. The summed E-state index contributed by atoms with van der Waals surface area (Å²) in [4.78, 5) is 12.1. The van der Waals surface area contributed by atoms with E-state index in [1.165, 1.54) is 12.1 Å². The van der Waals surface area contributed by atoms with E-state index < -0.39 is 15.9 Å². The fourth-order valence-corrected chi connectivity index (χ4v) is 3.79. The molecule has 2 atom stereocenters. The Balaban J connectivity index is 1.86. The van der Waals surface area contributed by atoms with Crippen LogP contribution < -0.4 is 5.32 Å². The number of benzene rings is 1. The predicted molar refractivity (Wildman–Crippen MR) is 79.5 cm³/mol. The van der Waals surface area contributed by atoms with Crippen LogP contribution in [0.15, 0.2) is 35.2 Å². The van der Waals surface area contributed by atoms with E-state index in [0.29, 0.717) is 6.42 Å². The Morgan fingerprint density at radius 1 is 1.19 bits per heavy atom. The topological polar surface area (TPSA) is 83.5 Å². The maximum Gasteiger partial charge on any atom is 0.221 e. The van der Waals surface area contributed by atoms with E-state index in [1.807, 2.05) is 0 Å². The first-order valence-electron chi connectivity index (χ1n) is 7.24. The Bertz CT molecular complexity index is 571. The molecule has 5 nitrogen and oxygen atoms in total. The largest absolute Gasteiger partial charge is 0.391 e. The van der Waals surface area contributed by atoms with Crippen LogP contribution in [0, 0.1) is 0 Å². The summed E-state index contributed by atoms with van der Waals surface area (Å²) in [6.45, 7) is 0. The second kappa shape index (κ2) is 7.04. The lowest BCUT2D eigenvalue weighted by Crippen LogP contribution is -2.45. The molecule has 1 aromatic rings. The van der Waals surface area contributed by atoms with Crippen LogP contribution >= 0.6 is 0 Å². The Morgan fingerprint density at radius 3 is 2.52 bits per heavy atom. The maximum atomic E-state index is 12.1. The lowest BCUT2D eigenvalue weighted by Gasteiger charge is -2.28. The third-order valence-electron chi connectivity index (χ3n) is 3.78. The van der Waals surface area contributed by atoms with E-state index in [0.717, 1.165) is 19.3 Å². The quantitative estimate of drug-likeness (QED) is 0.858. The number of carbonyl (C=O) groups is 1. The molecule has 0 spiro atoms. The van der Waals surface area contributed by atoms with Gasteiger partial charge in [-0.25, -0.2) is 8.42 Å². The number of rotatable bonds is 5. The molecule has 0 saturated heterocycles. The van der Waals surface area contributed by atoms with Crippen LogP contribution in [0.2, 0.25) is 0 Å². The van der Waals surface area contributed by atoms with Gasteiger partial charge in [0.05, 0.1) is 22.8 Å². The van der Waals surface area contributed by atoms with Crippen LogP contribution in [-0.2, 0) is 14.6 Å². The molecule has 0 bridgehead atoms. The van der Waals surface area contributed by atoms with Gasteiger partial charge in [0.25, 0.3) is 0 Å². The van der Waals surface area contributed by atoms with Gasteiger partial charge in [0.15, 0.2) is 9.84 Å². The third-order valence-corrected chi connectivity index (χ3v) is 5.51. The average molecular weight is 311 g/mol. The molecule has 0 radical (unpaired) electrons. The Kier molecular flexibility index (Phi) is 5.36. The fourth-order valence-electron chi connectivity index (χ4n) is 2.53. The molecule has 1 amide bonds. The zero-order valence-electron chi connectivity index (χ0n) is 11.9. The molecule has 116 valence electrons. The summed E-state index contributed by atoms with van der Waals surface area (Å²) < 4.78 is 24.1. The highest BCUT2D eigenvalue weighted by Gasteiger charge is 2.25. The van der Waals surface area contributed by atoms with Crippen LogP contribution in [-0.4, -0.2) is 37.3 Å². The number of carbonyl (C=O) groups excluding carboxylic acids is 1. The second-order valence-electron chi connectivity index (χ2n) is 5.41. The number of amides is 1. The molecule has 1 aliphatic rings. The molecule has 0 aliphatic heterocycles. The number of aliphatic hydroxyl groups excluding tert-OH is 1. The van der Waals surface area contributed by atoms with Gasteiger partial charge < -0.3 is 10.4 Å². The first-order valence-corrected chi connectivity index (χ1v) is 8.89. The molecule has 0 unspecified atom stereocenters. The molecule has 2 rings (SSSR count). The van der Waals surface area contributed by atoms with Gasteiger partial charge in [-0.15, -0.1) is 0 Å². The average Bonchev–Trinajstić information content (AvgIpc) is 2.49. The Morgan fingerprint density at radius 2 is 1.86 bits per heavy atom. The number of hydrogen-bond donors (Lipinski definition) is 2. The van der Waals surface area contributed by atoms with Crippen molar-refractivity contribution in [2.75, 3.05) is 5.75 Å². The Labute approximate surface area is 125 Å². The van der Waals surface area contributed by atoms with Gasteiger partial charge in [-0.2, -0.15) is 0 Å². The second-order valence-corrected chi connectivity index (χ2v) is 7.52. The van der Waals surface area contributed by atoms with Crippen molar-refractivity contribution in [3.05, 3.63) is 30.3 Å². The summed E-state index contributed by atoms with van der Waals surface area (Å²) in [6.07, 6.45) is 2.78. The molecule has 21 heavy (non-hydrogen) atoms. The molecule has 2 N–H and O–H groups in total. The zero-order valence-corrected chi connectivity index (χ0v) is 12.7. The minimum Gasteiger partial charge on any atom is -0.391 e. The Hall–Kier alpha value is -1.40. The lowest BCUT2D eigenvalue weighted by molar-refractivity contribution is -0.122. The molecular formula is C15H21NO4S. The van der Waals surface area contributed by atoms with E-state index in [4.69, 9.17) is 0 Å². The predicted octanol–water partition coefficient (Wildman–Crippen LogP) is 1.27. The normalized spacial score (nSPS) is 22.7. The highest BCUT2D eigenvalue weighted by Crippen LogP contribution is 2.18. The highest BCUT2D eigenvalue weighted by molar-refractivity contribution is 7.91. The van der Waals surface area contributed by atoms with Crippen molar-refractivity contribution in [1.29, 1.82) is 0 Å². The van der Waals surface area contributed by atoms with Gasteiger partial charge in [0.1, 0.15) is 0 Å². The van der Waals surface area contributed by atoms with Crippen molar-refractivity contribution in [3.8, 4) is 0 Å². The standard InChI is InChI=1S/C15H21NO4S/c17-14-9-5-4-8-13(14)16-15(18)10-11-21(19,20)12-6-2-1-3-7-12/h1-3,6-7,13-14,17H,4-5,8-11H2,(H,16,18)/t13-,14-/m0/s1. The number of nitrogens with one attached hydrogen (secondary N) is 1. The summed E-state index contributed by atoms with van der Waals surface area (Å²) in [6, 6.07) is 7.87. The van der Waals surface area contributed by atoms with Gasteiger partial charge in [0, 0.05) is 6.42 Å². The monoisotopic (exact) mass is 311 g/mol. The number of hydrogen-bond acceptors (Lipinski definition) is 4. The van der Waals surface area contributed by atoms with Crippen LogP contribution in [0.5, 0.6) is 0 Å². The minimum atomic E-state index is -3.43. The van der Waals surface area contributed by atoms with Crippen LogP contribution in [0.25, 0.3) is 0 Å². The molecule has 6 heteroatoms. The lowest BCUT2D eigenvalue weighted by atomic mass is 9.92. The molecule has 0 heterocycles. The third kappa shape index (κ3) is 4.54. The van der Waals surface area contributed by atoms with E-state index in [1.54, 1.807) is 18.2 Å². The molecule has 0 aromatic heterocycles. The highest BCUT2D eigenvalue weighted by atomic mass is 32.2.